The SMILES string of the molecule is CCOc1ccc(C2Oc3ccccc3C3C=C(c4ccc(Cl)cc4)NN32)cc1. The number of rotatable bonds is 4. The number of nitrogens with zero attached hydrogens (tertiary/aromatic N) is 1. The van der Waals surface area contributed by atoms with Gasteiger partial charge in [-0.15, -0.1) is 0 Å². The Hall–Kier alpha value is -2.95. The summed E-state index contributed by atoms with van der Waals surface area (Å²) < 4.78 is 12.0. The average molecular weight is 405 g/mol. The largest absolute Gasteiger partial charge is 0.494 e. The van der Waals surface area contributed by atoms with Crippen molar-refractivity contribution < 1.29 is 9.47 Å². The topological polar surface area (TPSA) is 33.7 Å². The maximum atomic E-state index is 6.40. The Bertz CT molecular complexity index is 1050. The van der Waals surface area contributed by atoms with Gasteiger partial charge in [-0.2, -0.15) is 5.01 Å². The fourth-order valence-electron chi connectivity index (χ4n) is 3.85. The Morgan fingerprint density at radius 1 is 1.00 bits per heavy atom. The molecule has 0 aromatic heterocycles. The molecule has 2 unspecified atom stereocenters. The Labute approximate surface area is 175 Å². The molecular weight excluding hydrogens is 384 g/mol. The standard InChI is InChI=1S/C24H21ClN2O2/c1-2-28-19-13-9-17(10-14-19)24-27-22(20-5-3-4-6-23(20)29-24)15-21(26-27)16-7-11-18(25)12-8-16/h3-15,22,24,26H,2H2,1H3. The molecule has 3 aromatic rings. The number of para-hydroxylation sites is 1. The lowest BCUT2D eigenvalue weighted by Gasteiger charge is -2.39. The first kappa shape index (κ1) is 18.1. The number of hydrogen-bond acceptors (Lipinski definition) is 4. The van der Waals surface area contributed by atoms with E-state index in [0.29, 0.717) is 6.61 Å². The van der Waals surface area contributed by atoms with Gasteiger partial charge >= 0.3 is 0 Å². The van der Waals surface area contributed by atoms with Crippen LogP contribution >= 0.6 is 11.6 Å². The maximum Gasteiger partial charge on any atom is 0.195 e. The van der Waals surface area contributed by atoms with Crippen LogP contribution in [0.4, 0.5) is 0 Å². The van der Waals surface area contributed by atoms with E-state index in [1.54, 1.807) is 0 Å². The molecule has 0 radical (unpaired) electrons. The van der Waals surface area contributed by atoms with Gasteiger partial charge in [-0.05, 0) is 48.9 Å². The van der Waals surface area contributed by atoms with Crippen molar-refractivity contribution >= 4 is 17.3 Å². The molecule has 2 atom stereocenters. The van der Waals surface area contributed by atoms with Crippen LogP contribution in [0.15, 0.2) is 78.9 Å². The average Bonchev–Trinajstić information content (AvgIpc) is 3.20. The molecule has 1 N–H and O–H groups in total. The number of hydrazine groups is 1. The molecule has 0 saturated heterocycles. The first-order valence-corrected chi connectivity index (χ1v) is 10.1. The van der Waals surface area contributed by atoms with Crippen molar-refractivity contribution in [3.8, 4) is 11.5 Å². The first-order valence-electron chi connectivity index (χ1n) is 9.74. The molecule has 0 aliphatic carbocycles. The van der Waals surface area contributed by atoms with Crippen LogP contribution in [0.1, 0.15) is 35.9 Å². The number of ether oxygens (including phenoxy) is 2. The Morgan fingerprint density at radius 2 is 1.76 bits per heavy atom. The summed E-state index contributed by atoms with van der Waals surface area (Å²) >= 11 is 6.07. The van der Waals surface area contributed by atoms with Crippen molar-refractivity contribution in [2.24, 2.45) is 0 Å². The third-order valence-electron chi connectivity index (χ3n) is 5.23. The molecule has 0 bridgehead atoms. The minimum atomic E-state index is -0.258. The number of fused-ring (bicyclic) bond motifs is 3. The van der Waals surface area contributed by atoms with Crippen molar-refractivity contribution in [2.75, 3.05) is 6.61 Å². The molecule has 29 heavy (non-hydrogen) atoms. The smallest absolute Gasteiger partial charge is 0.195 e. The van der Waals surface area contributed by atoms with E-state index < -0.39 is 0 Å². The number of hydrogen-bond donors (Lipinski definition) is 1. The van der Waals surface area contributed by atoms with E-state index in [2.05, 4.69) is 34.7 Å². The lowest BCUT2D eigenvalue weighted by molar-refractivity contribution is -0.0326. The van der Waals surface area contributed by atoms with Gasteiger partial charge in [0.1, 0.15) is 11.5 Å². The predicted molar refractivity (Wildman–Crippen MR) is 115 cm³/mol. The van der Waals surface area contributed by atoms with E-state index in [-0.39, 0.29) is 12.3 Å². The van der Waals surface area contributed by atoms with E-state index >= 15 is 0 Å². The van der Waals surface area contributed by atoms with E-state index in [1.165, 1.54) is 0 Å². The number of benzene rings is 3. The van der Waals surface area contributed by atoms with Gasteiger partial charge in [-0.1, -0.05) is 54.1 Å². The van der Waals surface area contributed by atoms with Gasteiger partial charge in [0.15, 0.2) is 6.23 Å². The minimum absolute atomic E-state index is 0.0715. The van der Waals surface area contributed by atoms with Crippen molar-refractivity contribution in [3.63, 3.8) is 0 Å². The summed E-state index contributed by atoms with van der Waals surface area (Å²) in [6, 6.07) is 24.2. The summed E-state index contributed by atoms with van der Waals surface area (Å²) in [6.45, 7) is 2.63. The summed E-state index contributed by atoms with van der Waals surface area (Å²) in [7, 11) is 0. The van der Waals surface area contributed by atoms with Gasteiger partial charge in [0.25, 0.3) is 0 Å². The Balaban J connectivity index is 1.52. The second kappa shape index (κ2) is 7.47. The van der Waals surface area contributed by atoms with Crippen molar-refractivity contribution in [2.45, 2.75) is 19.2 Å². The fraction of sp³-hybridized carbons (Fsp3) is 0.167. The van der Waals surface area contributed by atoms with Crippen LogP contribution in [0, 0.1) is 0 Å². The van der Waals surface area contributed by atoms with Gasteiger partial charge in [0, 0.05) is 16.1 Å². The normalized spacial score (nSPS) is 20.1. The van der Waals surface area contributed by atoms with Crippen LogP contribution in [-0.4, -0.2) is 11.6 Å². The van der Waals surface area contributed by atoms with Crippen molar-refractivity contribution in [1.82, 2.24) is 10.4 Å². The van der Waals surface area contributed by atoms with Crippen molar-refractivity contribution in [3.05, 3.63) is 101 Å². The molecule has 2 aliphatic rings. The van der Waals surface area contributed by atoms with Gasteiger partial charge < -0.3 is 14.9 Å². The summed E-state index contributed by atoms with van der Waals surface area (Å²) in [6.07, 6.45) is 1.98. The first-order chi connectivity index (χ1) is 14.2. The van der Waals surface area contributed by atoms with Crippen LogP contribution in [-0.2, 0) is 0 Å². The van der Waals surface area contributed by atoms with Crippen molar-refractivity contribution in [1.29, 1.82) is 0 Å². The molecule has 5 rings (SSSR count). The maximum absolute atomic E-state index is 6.40. The highest BCUT2D eigenvalue weighted by Gasteiger charge is 2.39. The second-order valence-electron chi connectivity index (χ2n) is 7.06. The summed E-state index contributed by atoms with van der Waals surface area (Å²) in [5.41, 5.74) is 7.89. The Morgan fingerprint density at radius 3 is 2.52 bits per heavy atom. The molecular formula is C24H21ClN2O2. The molecule has 3 aromatic carbocycles. The lowest BCUT2D eigenvalue weighted by Crippen LogP contribution is -2.43. The molecule has 0 spiro atoms. The van der Waals surface area contributed by atoms with E-state index in [4.69, 9.17) is 21.1 Å². The van der Waals surface area contributed by atoms with E-state index in [0.717, 1.165) is 38.9 Å². The molecule has 0 saturated carbocycles. The van der Waals surface area contributed by atoms with Gasteiger partial charge in [0.2, 0.25) is 0 Å². The third kappa shape index (κ3) is 3.35. The monoisotopic (exact) mass is 404 g/mol. The highest BCUT2D eigenvalue weighted by molar-refractivity contribution is 6.30. The van der Waals surface area contributed by atoms with Gasteiger partial charge in [-0.25, -0.2) is 0 Å². The molecule has 5 heteroatoms. The summed E-state index contributed by atoms with van der Waals surface area (Å²) in [4.78, 5) is 0. The summed E-state index contributed by atoms with van der Waals surface area (Å²) in [5.74, 6) is 1.77. The molecule has 0 amide bonds. The summed E-state index contributed by atoms with van der Waals surface area (Å²) in [5, 5.41) is 2.88. The second-order valence-corrected chi connectivity index (χ2v) is 7.50. The zero-order valence-electron chi connectivity index (χ0n) is 16.0. The highest BCUT2D eigenvalue weighted by Crippen LogP contribution is 2.45. The van der Waals surface area contributed by atoms with E-state index in [1.807, 2.05) is 61.5 Å². The minimum Gasteiger partial charge on any atom is -0.494 e. The Kier molecular flexibility index (Phi) is 4.66. The van der Waals surface area contributed by atoms with Gasteiger partial charge in [-0.3, -0.25) is 0 Å². The third-order valence-corrected chi connectivity index (χ3v) is 5.49. The zero-order valence-corrected chi connectivity index (χ0v) is 16.8. The fourth-order valence-corrected chi connectivity index (χ4v) is 3.98. The zero-order chi connectivity index (χ0) is 19.8. The number of nitrogens with one attached hydrogen (secondary N) is 1. The molecule has 146 valence electrons. The molecule has 0 fully saturated rings. The van der Waals surface area contributed by atoms with Crippen LogP contribution in [0.2, 0.25) is 5.02 Å². The highest BCUT2D eigenvalue weighted by atomic mass is 35.5. The lowest BCUT2D eigenvalue weighted by atomic mass is 10.0. The van der Waals surface area contributed by atoms with Crippen LogP contribution in [0.25, 0.3) is 5.70 Å². The number of halogens is 1. The van der Waals surface area contributed by atoms with Crippen LogP contribution in [0.5, 0.6) is 11.5 Å². The van der Waals surface area contributed by atoms with Crippen LogP contribution < -0.4 is 14.9 Å². The molecule has 4 nitrogen and oxygen atoms in total. The van der Waals surface area contributed by atoms with Crippen LogP contribution in [0.3, 0.4) is 0 Å². The predicted octanol–water partition coefficient (Wildman–Crippen LogP) is 5.73. The quantitative estimate of drug-likeness (QED) is 0.601. The molecule has 2 aliphatic heterocycles. The molecule has 2 heterocycles. The van der Waals surface area contributed by atoms with Gasteiger partial charge in [0.05, 0.1) is 18.3 Å². The van der Waals surface area contributed by atoms with E-state index in [9.17, 15) is 0 Å².